The maximum Gasteiger partial charge on any atom is 0.308 e. The molecule has 0 spiro atoms. The molecule has 1 N–H and O–H groups in total. The zero-order chi connectivity index (χ0) is 15.2. The van der Waals surface area contributed by atoms with Crippen LogP contribution in [0.4, 0.5) is 0 Å². The minimum absolute atomic E-state index is 0.0330. The first-order chi connectivity index (χ1) is 9.47. The van der Waals surface area contributed by atoms with Crippen molar-refractivity contribution in [3.8, 4) is 0 Å². The number of hydrogen-bond acceptors (Lipinski definition) is 5. The van der Waals surface area contributed by atoms with Gasteiger partial charge in [-0.3, -0.25) is 4.79 Å². The van der Waals surface area contributed by atoms with Crippen molar-refractivity contribution in [2.45, 2.75) is 12.8 Å². The quantitative estimate of drug-likeness (QED) is 0.511. The van der Waals surface area contributed by atoms with E-state index in [9.17, 15) is 13.2 Å². The summed E-state index contributed by atoms with van der Waals surface area (Å²) in [6.45, 7) is 4.02. The molecule has 1 rings (SSSR count). The van der Waals surface area contributed by atoms with Gasteiger partial charge >= 0.3 is 5.97 Å². The molecule has 116 valence electrons. The highest BCUT2D eigenvalue weighted by Crippen LogP contribution is 2.22. The number of esters is 1. The molecular formula is C12H22N2O5S. The molecule has 0 radical (unpaired) electrons. The lowest BCUT2D eigenvalue weighted by molar-refractivity contribution is -0.146. The van der Waals surface area contributed by atoms with Crippen LogP contribution in [-0.4, -0.2) is 68.0 Å². The topological polar surface area (TPSA) is 87.2 Å². The Balaban J connectivity index is 2.70. The highest BCUT2D eigenvalue weighted by Gasteiger charge is 2.34. The van der Waals surface area contributed by atoms with Crippen LogP contribution in [0.5, 0.6) is 0 Å². The highest BCUT2D eigenvalue weighted by molar-refractivity contribution is 7.86. The Hall–Kier alpha value is -0.960. The van der Waals surface area contributed by atoms with E-state index in [0.717, 1.165) is 0 Å². The van der Waals surface area contributed by atoms with Crippen molar-refractivity contribution >= 4 is 16.2 Å². The molecule has 0 aromatic heterocycles. The van der Waals surface area contributed by atoms with E-state index < -0.39 is 10.2 Å². The van der Waals surface area contributed by atoms with Gasteiger partial charge in [-0.25, -0.2) is 0 Å². The fourth-order valence-electron chi connectivity index (χ4n) is 2.21. The van der Waals surface area contributed by atoms with Crippen molar-refractivity contribution in [2.24, 2.45) is 5.92 Å². The van der Waals surface area contributed by atoms with Crippen LogP contribution in [0.1, 0.15) is 12.8 Å². The molecule has 20 heavy (non-hydrogen) atoms. The van der Waals surface area contributed by atoms with Crippen LogP contribution in [-0.2, 0) is 19.7 Å². The lowest BCUT2D eigenvalue weighted by Crippen LogP contribution is -2.48. The third-order valence-corrected chi connectivity index (χ3v) is 5.33. The number of aliphatic hydroxyl groups excluding tert-OH is 1. The largest absolute Gasteiger partial charge is 0.469 e. The molecule has 1 saturated heterocycles. The van der Waals surface area contributed by atoms with Gasteiger partial charge in [-0.2, -0.15) is 17.0 Å². The average Bonchev–Trinajstić information content (AvgIpc) is 2.46. The molecule has 0 bridgehead atoms. The number of carbonyl (C=O) groups excluding carboxylic acids is 1. The lowest BCUT2D eigenvalue weighted by atomic mass is 9.99. The van der Waals surface area contributed by atoms with Crippen molar-refractivity contribution < 1.29 is 23.1 Å². The predicted octanol–water partition coefficient (Wildman–Crippen LogP) is -0.403. The first-order valence-corrected chi connectivity index (χ1v) is 7.91. The van der Waals surface area contributed by atoms with Gasteiger partial charge in [0.1, 0.15) is 0 Å². The molecule has 0 unspecified atom stereocenters. The standard InChI is InChI=1S/C12H22N2O5S/c1-3-6-13(9-10-15)20(17,18)14-7-4-11(5-8-14)12(16)19-2/h3,11,15H,1,4-10H2,2H3. The first kappa shape index (κ1) is 17.1. The first-order valence-electron chi connectivity index (χ1n) is 6.52. The van der Waals surface area contributed by atoms with Gasteiger partial charge in [0.15, 0.2) is 0 Å². The van der Waals surface area contributed by atoms with Crippen molar-refractivity contribution in [3.05, 3.63) is 12.7 Å². The van der Waals surface area contributed by atoms with Crippen molar-refractivity contribution in [3.63, 3.8) is 0 Å². The third-order valence-electron chi connectivity index (χ3n) is 3.32. The Bertz CT molecular complexity index is 429. The van der Waals surface area contributed by atoms with Crippen LogP contribution < -0.4 is 0 Å². The van der Waals surface area contributed by atoms with Gasteiger partial charge in [-0.1, -0.05) is 6.08 Å². The lowest BCUT2D eigenvalue weighted by Gasteiger charge is -2.33. The molecule has 7 nitrogen and oxygen atoms in total. The SMILES string of the molecule is C=CCN(CCO)S(=O)(=O)N1CCC(C(=O)OC)CC1. The van der Waals surface area contributed by atoms with Gasteiger partial charge in [0.25, 0.3) is 10.2 Å². The number of aliphatic hydroxyl groups is 1. The summed E-state index contributed by atoms with van der Waals surface area (Å²) in [4.78, 5) is 11.4. The number of ether oxygens (including phenoxy) is 1. The summed E-state index contributed by atoms with van der Waals surface area (Å²) in [5, 5.41) is 8.95. The van der Waals surface area contributed by atoms with Crippen LogP contribution in [0, 0.1) is 5.92 Å². The maximum absolute atomic E-state index is 12.4. The van der Waals surface area contributed by atoms with Gasteiger partial charge in [-0.15, -0.1) is 6.58 Å². The van der Waals surface area contributed by atoms with Gasteiger partial charge in [0.05, 0.1) is 19.6 Å². The van der Waals surface area contributed by atoms with Crippen LogP contribution in [0.2, 0.25) is 0 Å². The summed E-state index contributed by atoms with van der Waals surface area (Å²) in [7, 11) is -2.29. The molecule has 0 saturated carbocycles. The maximum atomic E-state index is 12.4. The van der Waals surface area contributed by atoms with E-state index in [1.54, 1.807) is 0 Å². The van der Waals surface area contributed by atoms with Crippen LogP contribution >= 0.6 is 0 Å². The third kappa shape index (κ3) is 4.02. The molecule has 1 fully saturated rings. The summed E-state index contributed by atoms with van der Waals surface area (Å²) >= 11 is 0. The van der Waals surface area contributed by atoms with Gasteiger partial charge in [-0.05, 0) is 12.8 Å². The van der Waals surface area contributed by atoms with Crippen molar-refractivity contribution in [1.82, 2.24) is 8.61 Å². The number of piperidine rings is 1. The smallest absolute Gasteiger partial charge is 0.308 e. The molecule has 0 aromatic rings. The summed E-state index contributed by atoms with van der Waals surface area (Å²) in [5.74, 6) is -0.530. The van der Waals surface area contributed by atoms with Gasteiger partial charge in [0.2, 0.25) is 0 Å². The number of methoxy groups -OCH3 is 1. The fourth-order valence-corrected chi connectivity index (χ4v) is 3.81. The number of hydrogen-bond donors (Lipinski definition) is 1. The zero-order valence-electron chi connectivity index (χ0n) is 11.7. The molecule has 0 aromatic carbocycles. The van der Waals surface area contributed by atoms with E-state index >= 15 is 0 Å². The highest BCUT2D eigenvalue weighted by atomic mass is 32.2. The molecule has 1 heterocycles. The Morgan fingerprint density at radius 1 is 1.50 bits per heavy atom. The van der Waals surface area contributed by atoms with Crippen LogP contribution in [0.15, 0.2) is 12.7 Å². The van der Waals surface area contributed by atoms with Crippen LogP contribution in [0.3, 0.4) is 0 Å². The monoisotopic (exact) mass is 306 g/mol. The molecule has 1 aliphatic heterocycles. The van der Waals surface area contributed by atoms with E-state index in [-0.39, 0.29) is 44.7 Å². The summed E-state index contributed by atoms with van der Waals surface area (Å²) in [6.07, 6.45) is 2.38. The molecule has 1 aliphatic rings. The minimum atomic E-state index is -3.62. The van der Waals surface area contributed by atoms with E-state index in [2.05, 4.69) is 11.3 Å². The Kier molecular flexibility index (Phi) is 6.60. The molecular weight excluding hydrogens is 284 g/mol. The summed E-state index contributed by atoms with van der Waals surface area (Å²) in [6, 6.07) is 0. The molecule has 0 amide bonds. The average molecular weight is 306 g/mol. The normalized spacial score (nSPS) is 18.1. The fraction of sp³-hybridized carbons (Fsp3) is 0.750. The summed E-state index contributed by atoms with van der Waals surface area (Å²) < 4.78 is 32.0. The minimum Gasteiger partial charge on any atom is -0.469 e. The second-order valence-electron chi connectivity index (χ2n) is 4.57. The molecule has 0 aliphatic carbocycles. The number of rotatable bonds is 7. The Morgan fingerprint density at radius 3 is 2.55 bits per heavy atom. The number of nitrogens with zero attached hydrogens (tertiary/aromatic N) is 2. The van der Waals surface area contributed by atoms with Gasteiger partial charge < -0.3 is 9.84 Å². The molecule has 0 atom stereocenters. The second kappa shape index (κ2) is 7.72. The van der Waals surface area contributed by atoms with E-state index in [1.165, 1.54) is 21.8 Å². The van der Waals surface area contributed by atoms with Crippen LogP contribution in [0.25, 0.3) is 0 Å². The predicted molar refractivity (Wildman–Crippen MR) is 74.1 cm³/mol. The van der Waals surface area contributed by atoms with Gasteiger partial charge in [0, 0.05) is 26.2 Å². The van der Waals surface area contributed by atoms with E-state index in [4.69, 9.17) is 5.11 Å². The number of carbonyl (C=O) groups is 1. The van der Waals surface area contributed by atoms with Crippen molar-refractivity contribution in [2.75, 3.05) is 39.9 Å². The zero-order valence-corrected chi connectivity index (χ0v) is 12.5. The molecule has 8 heteroatoms. The van der Waals surface area contributed by atoms with Crippen molar-refractivity contribution in [1.29, 1.82) is 0 Å². The Labute approximate surface area is 120 Å². The Morgan fingerprint density at radius 2 is 2.10 bits per heavy atom. The van der Waals surface area contributed by atoms with E-state index in [0.29, 0.717) is 12.8 Å². The van der Waals surface area contributed by atoms with E-state index in [1.807, 2.05) is 0 Å². The second-order valence-corrected chi connectivity index (χ2v) is 6.50. The summed E-state index contributed by atoms with van der Waals surface area (Å²) in [5.41, 5.74) is 0.